The van der Waals surface area contributed by atoms with Crippen LogP contribution in [0.5, 0.6) is 5.75 Å². The van der Waals surface area contributed by atoms with E-state index in [0.717, 1.165) is 66.3 Å². The van der Waals surface area contributed by atoms with E-state index >= 15 is 0 Å². The zero-order valence-corrected chi connectivity index (χ0v) is 28.2. The highest BCUT2D eigenvalue weighted by atomic mass is 16.8. The molecule has 0 bridgehead atoms. The molecule has 5 rings (SSSR count). The Hall–Kier alpha value is -3.92. The Kier molecular flexibility index (Phi) is 11.9. The highest BCUT2D eigenvalue weighted by molar-refractivity contribution is 5.93. The van der Waals surface area contributed by atoms with E-state index in [-0.39, 0.29) is 18.6 Å². The first-order valence-electron chi connectivity index (χ1n) is 16.8. The van der Waals surface area contributed by atoms with Crippen molar-refractivity contribution in [3.05, 3.63) is 83.4 Å². The molecule has 0 aliphatic carbocycles. The summed E-state index contributed by atoms with van der Waals surface area (Å²) < 4.78 is 17.8. The lowest BCUT2D eigenvalue weighted by Crippen LogP contribution is -2.41. The Morgan fingerprint density at radius 3 is 2.51 bits per heavy atom. The van der Waals surface area contributed by atoms with Gasteiger partial charge in [-0.05, 0) is 101 Å². The fourth-order valence-corrected chi connectivity index (χ4v) is 6.03. The Labute approximate surface area is 278 Å². The highest BCUT2D eigenvalue weighted by Crippen LogP contribution is 2.26. The van der Waals surface area contributed by atoms with E-state index in [1.165, 1.54) is 6.42 Å². The molecule has 2 fully saturated rings. The van der Waals surface area contributed by atoms with Crippen LogP contribution < -0.4 is 10.2 Å². The van der Waals surface area contributed by atoms with E-state index in [1.54, 1.807) is 17.0 Å². The van der Waals surface area contributed by atoms with Crippen LogP contribution in [-0.4, -0.2) is 79.6 Å². The number of benzene rings is 3. The molecule has 1 N–H and O–H groups in total. The van der Waals surface area contributed by atoms with E-state index in [1.807, 2.05) is 69.3 Å². The maximum absolute atomic E-state index is 13.5. The average Bonchev–Trinajstić information content (AvgIpc) is 3.48. The van der Waals surface area contributed by atoms with Crippen molar-refractivity contribution >= 4 is 28.8 Å². The number of hydrogen-bond donors (Lipinski definition) is 1. The number of ether oxygens (including phenoxy) is 3. The normalized spacial score (nSPS) is 19.0. The van der Waals surface area contributed by atoms with Crippen molar-refractivity contribution in [3.8, 4) is 5.75 Å². The molecule has 47 heavy (non-hydrogen) atoms. The molecule has 2 unspecified atom stereocenters. The van der Waals surface area contributed by atoms with Crippen LogP contribution in [0.3, 0.4) is 0 Å². The lowest BCUT2D eigenvalue weighted by Gasteiger charge is -2.30. The van der Waals surface area contributed by atoms with Gasteiger partial charge in [0.05, 0.1) is 0 Å². The minimum Gasteiger partial charge on any atom is -0.489 e. The van der Waals surface area contributed by atoms with Gasteiger partial charge in [-0.1, -0.05) is 54.6 Å². The SMILES string of the molecule is CN1CCCC1CCN(CC(=Cc1ccc(C(=O)NOC2CCCCO2)cc1)COc1cccc2ccccc12)C(=O)OC(C)(C)C. The number of rotatable bonds is 12. The Balaban J connectivity index is 1.35. The smallest absolute Gasteiger partial charge is 0.410 e. The number of hydrogen-bond acceptors (Lipinski definition) is 7. The monoisotopic (exact) mass is 643 g/mol. The maximum Gasteiger partial charge on any atom is 0.410 e. The Morgan fingerprint density at radius 2 is 1.79 bits per heavy atom. The summed E-state index contributed by atoms with van der Waals surface area (Å²) in [5.41, 5.74) is 4.16. The molecule has 9 nitrogen and oxygen atoms in total. The molecule has 2 aliphatic rings. The third kappa shape index (κ3) is 10.3. The van der Waals surface area contributed by atoms with Gasteiger partial charge in [-0.25, -0.2) is 15.1 Å². The van der Waals surface area contributed by atoms with Crippen LogP contribution in [0.2, 0.25) is 0 Å². The van der Waals surface area contributed by atoms with E-state index < -0.39 is 11.9 Å². The first-order chi connectivity index (χ1) is 22.6. The molecular formula is C38H49N3O6. The summed E-state index contributed by atoms with van der Waals surface area (Å²) in [6, 6.07) is 21.9. The van der Waals surface area contributed by atoms with Crippen LogP contribution in [0.4, 0.5) is 4.79 Å². The predicted molar refractivity (Wildman–Crippen MR) is 184 cm³/mol. The van der Waals surface area contributed by atoms with Gasteiger partial charge in [0.2, 0.25) is 0 Å². The van der Waals surface area contributed by atoms with Gasteiger partial charge in [-0.2, -0.15) is 0 Å². The first-order valence-corrected chi connectivity index (χ1v) is 16.8. The number of nitrogens with zero attached hydrogens (tertiary/aromatic N) is 2. The molecule has 2 heterocycles. The molecule has 3 aromatic carbocycles. The number of hydroxylamine groups is 1. The van der Waals surface area contributed by atoms with Crippen molar-refractivity contribution in [1.82, 2.24) is 15.3 Å². The molecule has 252 valence electrons. The number of fused-ring (bicyclic) bond motifs is 1. The number of amides is 2. The van der Waals surface area contributed by atoms with Gasteiger partial charge < -0.3 is 24.0 Å². The van der Waals surface area contributed by atoms with Crippen molar-refractivity contribution in [2.24, 2.45) is 0 Å². The van der Waals surface area contributed by atoms with Crippen molar-refractivity contribution in [3.63, 3.8) is 0 Å². The van der Waals surface area contributed by atoms with Crippen LogP contribution in [0.1, 0.15) is 75.2 Å². The van der Waals surface area contributed by atoms with Crippen molar-refractivity contribution in [2.45, 2.75) is 77.2 Å². The molecule has 9 heteroatoms. The maximum atomic E-state index is 13.5. The van der Waals surface area contributed by atoms with E-state index in [9.17, 15) is 9.59 Å². The van der Waals surface area contributed by atoms with Crippen LogP contribution >= 0.6 is 0 Å². The molecule has 2 atom stereocenters. The fraction of sp³-hybridized carbons (Fsp3) is 0.474. The minimum absolute atomic E-state index is 0.272. The third-order valence-corrected chi connectivity index (χ3v) is 8.58. The molecule has 2 saturated heterocycles. The summed E-state index contributed by atoms with van der Waals surface area (Å²) in [6.07, 6.45) is 7.21. The molecule has 0 radical (unpaired) electrons. The summed E-state index contributed by atoms with van der Waals surface area (Å²) in [4.78, 5) is 35.9. The molecule has 2 aliphatic heterocycles. The Bertz CT molecular complexity index is 1500. The second-order valence-electron chi connectivity index (χ2n) is 13.5. The first kappa shape index (κ1) is 34.4. The molecule has 0 saturated carbocycles. The van der Waals surface area contributed by atoms with Crippen molar-refractivity contribution < 1.29 is 28.6 Å². The number of nitrogens with one attached hydrogen (secondary N) is 1. The average molecular weight is 644 g/mol. The van der Waals surface area contributed by atoms with E-state index in [0.29, 0.717) is 31.3 Å². The van der Waals surface area contributed by atoms with Crippen molar-refractivity contribution in [1.29, 1.82) is 0 Å². The number of carbonyl (C=O) groups is 2. The van der Waals surface area contributed by atoms with Gasteiger partial charge in [-0.3, -0.25) is 4.79 Å². The topological polar surface area (TPSA) is 89.6 Å². The van der Waals surface area contributed by atoms with Gasteiger partial charge in [-0.15, -0.1) is 0 Å². The standard InChI is InChI=1S/C38H49N3O6/c1-38(2,3)46-37(43)41(23-21-32-13-10-22-40(32)4)26-29(27-45-34-15-9-12-30-11-5-6-14-33(30)34)25-28-17-19-31(20-18-28)36(42)39-47-35-16-7-8-24-44-35/h5-6,9,11-12,14-15,17-20,25,32,35H,7-8,10,13,16,21-24,26-27H2,1-4H3,(H,39,42). The summed E-state index contributed by atoms with van der Waals surface area (Å²) in [6.45, 7) is 8.56. The van der Waals surface area contributed by atoms with Gasteiger partial charge in [0, 0.05) is 43.1 Å². The summed E-state index contributed by atoms with van der Waals surface area (Å²) >= 11 is 0. The predicted octanol–water partition coefficient (Wildman–Crippen LogP) is 7.21. The van der Waals surface area contributed by atoms with Crippen LogP contribution in [-0.2, 0) is 14.3 Å². The number of carbonyl (C=O) groups excluding carboxylic acids is 2. The molecule has 2 amide bonds. The van der Waals surface area contributed by atoms with E-state index in [2.05, 4.69) is 29.6 Å². The quantitative estimate of drug-likeness (QED) is 0.209. The van der Waals surface area contributed by atoms with Gasteiger partial charge >= 0.3 is 6.09 Å². The summed E-state index contributed by atoms with van der Waals surface area (Å²) in [5, 5.41) is 2.12. The van der Waals surface area contributed by atoms with Gasteiger partial charge in [0.15, 0.2) is 6.29 Å². The summed E-state index contributed by atoms with van der Waals surface area (Å²) in [5.74, 6) is 0.446. The molecule has 3 aromatic rings. The van der Waals surface area contributed by atoms with Gasteiger partial charge in [0.25, 0.3) is 5.91 Å². The number of likely N-dealkylation sites (tertiary alicyclic amines) is 1. The van der Waals surface area contributed by atoms with Crippen LogP contribution in [0, 0.1) is 0 Å². The second kappa shape index (κ2) is 16.3. The van der Waals surface area contributed by atoms with Crippen LogP contribution in [0.15, 0.2) is 72.3 Å². The second-order valence-corrected chi connectivity index (χ2v) is 13.5. The molecule has 0 spiro atoms. The third-order valence-electron chi connectivity index (χ3n) is 8.58. The fourth-order valence-electron chi connectivity index (χ4n) is 6.03. The molecular weight excluding hydrogens is 594 g/mol. The zero-order valence-electron chi connectivity index (χ0n) is 28.2. The highest BCUT2D eigenvalue weighted by Gasteiger charge is 2.27. The Morgan fingerprint density at radius 1 is 1.00 bits per heavy atom. The largest absolute Gasteiger partial charge is 0.489 e. The summed E-state index contributed by atoms with van der Waals surface area (Å²) in [7, 11) is 2.15. The van der Waals surface area contributed by atoms with Crippen molar-refractivity contribution in [2.75, 3.05) is 39.9 Å². The lowest BCUT2D eigenvalue weighted by atomic mass is 10.1. The minimum atomic E-state index is -0.619. The van der Waals surface area contributed by atoms with Gasteiger partial charge in [0.1, 0.15) is 18.0 Å². The molecule has 0 aromatic heterocycles. The van der Waals surface area contributed by atoms with E-state index in [4.69, 9.17) is 19.0 Å². The lowest BCUT2D eigenvalue weighted by molar-refractivity contribution is -0.186. The van der Waals surface area contributed by atoms with Crippen LogP contribution in [0.25, 0.3) is 16.8 Å². The zero-order chi connectivity index (χ0) is 33.2.